The number of nitrogens with one attached hydrogen (secondary N) is 1. The van der Waals surface area contributed by atoms with Gasteiger partial charge in [-0.15, -0.1) is 10.2 Å². The summed E-state index contributed by atoms with van der Waals surface area (Å²) in [5.74, 6) is -2.27. The van der Waals surface area contributed by atoms with Gasteiger partial charge in [0, 0.05) is 0 Å². The number of hydrogen-bond acceptors (Lipinski definition) is 5. The second-order valence-electron chi connectivity index (χ2n) is 5.18. The lowest BCUT2D eigenvalue weighted by atomic mass is 9.82. The van der Waals surface area contributed by atoms with Gasteiger partial charge in [-0.3, -0.25) is 9.59 Å². The topological polar surface area (TPSA) is 92.2 Å². The van der Waals surface area contributed by atoms with E-state index in [0.29, 0.717) is 5.13 Å². The van der Waals surface area contributed by atoms with Crippen molar-refractivity contribution in [1.29, 1.82) is 0 Å². The van der Waals surface area contributed by atoms with Crippen LogP contribution in [-0.2, 0) is 16.0 Å². The first-order chi connectivity index (χ1) is 9.60. The Labute approximate surface area is 119 Å². The fraction of sp³-hybridized carbons (Fsp3) is 0.538. The number of fused-ring (bicyclic) bond motifs is 2. The third kappa shape index (κ3) is 2.11. The van der Waals surface area contributed by atoms with Gasteiger partial charge in [-0.25, -0.2) is 0 Å². The SMILES string of the molecule is CCc1nnc(NC(=O)[C@H]2[C@@H](C(=O)O)[C@H]3C=C[C@H]2C3)s1. The van der Waals surface area contributed by atoms with Gasteiger partial charge in [-0.2, -0.15) is 0 Å². The molecule has 1 amide bonds. The molecular weight excluding hydrogens is 278 g/mol. The molecule has 1 saturated carbocycles. The molecule has 0 aromatic carbocycles. The van der Waals surface area contributed by atoms with Crippen LogP contribution in [0.5, 0.6) is 0 Å². The van der Waals surface area contributed by atoms with Gasteiger partial charge in [0.05, 0.1) is 11.8 Å². The number of nitrogens with zero attached hydrogens (tertiary/aromatic N) is 2. The summed E-state index contributed by atoms with van der Waals surface area (Å²) < 4.78 is 0. The number of hydrogen-bond donors (Lipinski definition) is 2. The molecule has 1 heterocycles. The Hall–Kier alpha value is -1.76. The summed E-state index contributed by atoms with van der Waals surface area (Å²) in [6, 6.07) is 0. The van der Waals surface area contributed by atoms with E-state index in [1.54, 1.807) is 0 Å². The van der Waals surface area contributed by atoms with Crippen LogP contribution in [0.1, 0.15) is 18.4 Å². The number of carbonyl (C=O) groups is 2. The summed E-state index contributed by atoms with van der Waals surface area (Å²) in [6.45, 7) is 1.97. The van der Waals surface area contributed by atoms with E-state index in [9.17, 15) is 14.7 Å². The number of amides is 1. The number of allylic oxidation sites excluding steroid dienone is 2. The average Bonchev–Trinajstić information content (AvgIpc) is 3.12. The van der Waals surface area contributed by atoms with Crippen molar-refractivity contribution < 1.29 is 14.7 Å². The number of aliphatic carboxylic acids is 1. The maximum atomic E-state index is 12.3. The first-order valence-electron chi connectivity index (χ1n) is 6.64. The zero-order chi connectivity index (χ0) is 14.3. The van der Waals surface area contributed by atoms with Crippen LogP contribution in [0.2, 0.25) is 0 Å². The maximum Gasteiger partial charge on any atom is 0.307 e. The van der Waals surface area contributed by atoms with E-state index in [1.807, 2.05) is 19.1 Å². The van der Waals surface area contributed by atoms with Gasteiger partial charge in [0.2, 0.25) is 11.0 Å². The number of anilines is 1. The van der Waals surface area contributed by atoms with Crippen molar-refractivity contribution in [2.75, 3.05) is 5.32 Å². The maximum absolute atomic E-state index is 12.3. The second kappa shape index (κ2) is 4.97. The molecule has 106 valence electrons. The standard InChI is InChI=1S/C13H15N3O3S/c1-2-8-15-16-13(20-8)14-11(17)9-6-3-4-7(5-6)10(9)12(18)19/h3-4,6-7,9-10H,2,5H2,1H3,(H,18,19)(H,14,16,17)/t6-,7-,9+,10-/m0/s1. The Bertz CT molecular complexity index is 583. The first-order valence-corrected chi connectivity index (χ1v) is 7.46. The zero-order valence-corrected chi connectivity index (χ0v) is 11.8. The molecule has 20 heavy (non-hydrogen) atoms. The van der Waals surface area contributed by atoms with Crippen molar-refractivity contribution in [3.05, 3.63) is 17.2 Å². The van der Waals surface area contributed by atoms with Crippen LogP contribution in [0.25, 0.3) is 0 Å². The van der Waals surface area contributed by atoms with Gasteiger partial charge < -0.3 is 10.4 Å². The van der Waals surface area contributed by atoms with Crippen LogP contribution in [0.15, 0.2) is 12.2 Å². The predicted octanol–water partition coefficient (Wildman–Crippen LogP) is 1.56. The van der Waals surface area contributed by atoms with E-state index in [1.165, 1.54) is 11.3 Å². The highest BCUT2D eigenvalue weighted by atomic mass is 32.1. The highest BCUT2D eigenvalue weighted by molar-refractivity contribution is 7.15. The molecule has 7 heteroatoms. The largest absolute Gasteiger partial charge is 0.481 e. The summed E-state index contributed by atoms with van der Waals surface area (Å²) >= 11 is 1.33. The third-order valence-electron chi connectivity index (χ3n) is 4.05. The number of carboxylic acid groups (broad SMARTS) is 1. The summed E-state index contributed by atoms with van der Waals surface area (Å²) in [5, 5.41) is 21.2. The van der Waals surface area contributed by atoms with E-state index < -0.39 is 17.8 Å². The second-order valence-corrected chi connectivity index (χ2v) is 6.24. The molecule has 2 N–H and O–H groups in total. The number of aryl methyl sites for hydroxylation is 1. The monoisotopic (exact) mass is 293 g/mol. The molecule has 1 aromatic rings. The van der Waals surface area contributed by atoms with E-state index in [4.69, 9.17) is 0 Å². The smallest absolute Gasteiger partial charge is 0.307 e. The van der Waals surface area contributed by atoms with Crippen molar-refractivity contribution in [2.45, 2.75) is 19.8 Å². The van der Waals surface area contributed by atoms with E-state index >= 15 is 0 Å². The molecule has 0 radical (unpaired) electrons. The molecule has 0 unspecified atom stereocenters. The minimum absolute atomic E-state index is 0.0196. The lowest BCUT2D eigenvalue weighted by molar-refractivity contribution is -0.146. The molecule has 0 aliphatic heterocycles. The highest BCUT2D eigenvalue weighted by Crippen LogP contribution is 2.48. The van der Waals surface area contributed by atoms with Crippen molar-refractivity contribution in [3.8, 4) is 0 Å². The molecule has 4 atom stereocenters. The van der Waals surface area contributed by atoms with Crippen LogP contribution < -0.4 is 5.32 Å². The van der Waals surface area contributed by atoms with Crippen LogP contribution in [-0.4, -0.2) is 27.2 Å². The van der Waals surface area contributed by atoms with Crippen molar-refractivity contribution in [1.82, 2.24) is 10.2 Å². The predicted molar refractivity (Wildman–Crippen MR) is 73.3 cm³/mol. The summed E-state index contributed by atoms with van der Waals surface area (Å²) in [7, 11) is 0. The van der Waals surface area contributed by atoms with Gasteiger partial charge >= 0.3 is 5.97 Å². The van der Waals surface area contributed by atoms with Gasteiger partial charge in [-0.05, 0) is 24.7 Å². The van der Waals surface area contributed by atoms with Crippen LogP contribution in [0, 0.1) is 23.7 Å². The Morgan fingerprint density at radius 1 is 1.35 bits per heavy atom. The molecule has 0 spiro atoms. The lowest BCUT2D eigenvalue weighted by Gasteiger charge is -2.23. The highest BCUT2D eigenvalue weighted by Gasteiger charge is 2.51. The minimum Gasteiger partial charge on any atom is -0.481 e. The van der Waals surface area contributed by atoms with Crippen molar-refractivity contribution in [3.63, 3.8) is 0 Å². The van der Waals surface area contributed by atoms with E-state index in [2.05, 4.69) is 15.5 Å². The van der Waals surface area contributed by atoms with Crippen molar-refractivity contribution in [2.24, 2.45) is 23.7 Å². The summed E-state index contributed by atoms with van der Waals surface area (Å²) in [4.78, 5) is 23.7. The number of aromatic nitrogens is 2. The third-order valence-corrected chi connectivity index (χ3v) is 5.03. The molecule has 0 saturated heterocycles. The number of rotatable bonds is 4. The molecule has 2 aliphatic carbocycles. The molecule has 3 rings (SSSR count). The van der Waals surface area contributed by atoms with E-state index in [0.717, 1.165) is 17.8 Å². The zero-order valence-electron chi connectivity index (χ0n) is 10.9. The summed E-state index contributed by atoms with van der Waals surface area (Å²) in [6.07, 6.45) is 5.41. The first kappa shape index (κ1) is 13.2. The Kier molecular flexibility index (Phi) is 3.29. The fourth-order valence-corrected chi connectivity index (χ4v) is 3.83. The number of carbonyl (C=O) groups excluding carboxylic acids is 1. The molecule has 2 aliphatic rings. The Morgan fingerprint density at radius 3 is 2.65 bits per heavy atom. The van der Waals surface area contributed by atoms with Crippen LogP contribution >= 0.6 is 11.3 Å². The van der Waals surface area contributed by atoms with E-state index in [-0.39, 0.29) is 17.7 Å². The minimum atomic E-state index is -0.895. The fourth-order valence-electron chi connectivity index (χ4n) is 3.15. The van der Waals surface area contributed by atoms with Crippen LogP contribution in [0.3, 0.4) is 0 Å². The summed E-state index contributed by atoms with van der Waals surface area (Å²) in [5.41, 5.74) is 0. The molecule has 1 aromatic heterocycles. The van der Waals surface area contributed by atoms with Gasteiger partial charge in [0.15, 0.2) is 0 Å². The molecular formula is C13H15N3O3S. The molecule has 2 bridgehead atoms. The molecule has 6 nitrogen and oxygen atoms in total. The van der Waals surface area contributed by atoms with Crippen LogP contribution in [0.4, 0.5) is 5.13 Å². The van der Waals surface area contributed by atoms with Crippen molar-refractivity contribution >= 4 is 28.3 Å². The Balaban J connectivity index is 1.76. The van der Waals surface area contributed by atoms with Gasteiger partial charge in [0.1, 0.15) is 5.01 Å². The van der Waals surface area contributed by atoms with Gasteiger partial charge in [-0.1, -0.05) is 30.4 Å². The van der Waals surface area contributed by atoms with Gasteiger partial charge in [0.25, 0.3) is 0 Å². The number of carboxylic acids is 1. The molecule has 1 fully saturated rings. The average molecular weight is 293 g/mol. The quantitative estimate of drug-likeness (QED) is 0.822. The Morgan fingerprint density at radius 2 is 2.05 bits per heavy atom. The normalized spacial score (nSPS) is 30.6. The lowest BCUT2D eigenvalue weighted by Crippen LogP contribution is -2.36.